The van der Waals surface area contributed by atoms with E-state index in [1.807, 2.05) is 0 Å². The van der Waals surface area contributed by atoms with Gasteiger partial charge in [0.25, 0.3) is 9.84 Å². The summed E-state index contributed by atoms with van der Waals surface area (Å²) in [5.74, 6) is -17.6. The van der Waals surface area contributed by atoms with Gasteiger partial charge in [-0.2, -0.15) is 61.5 Å². The SMILES string of the molecule is FC(F)(F)C(F)(F)C(F)(F)S(F)(F)(F)(F)C(F)(F)C(F)(F)C(F)(F)F. The molecule has 0 amide bonds. The van der Waals surface area contributed by atoms with Crippen molar-refractivity contribution in [1.29, 1.82) is 0 Å². The molecule has 0 saturated carbocycles. The molecule has 0 unspecified atom stereocenters. The van der Waals surface area contributed by atoms with Gasteiger partial charge in [-0.25, -0.2) is 0 Å². The second kappa shape index (κ2) is 4.49. The Balaban J connectivity index is 7.15. The van der Waals surface area contributed by atoms with Crippen LogP contribution < -0.4 is 0 Å². The molecule has 0 aromatic rings. The summed E-state index contributed by atoms with van der Waals surface area (Å²) in [6, 6.07) is 0. The van der Waals surface area contributed by atoms with Gasteiger partial charge in [0.1, 0.15) is 0 Å². The number of alkyl halides is 14. The number of rotatable bonds is 4. The predicted molar refractivity (Wildman–Crippen MR) is 43.9 cm³/mol. The minimum atomic E-state index is -14.2. The topological polar surface area (TPSA) is 0 Å². The number of hydrogen-bond donors (Lipinski definition) is 0. The highest BCUT2D eigenvalue weighted by Gasteiger charge is 3.08. The zero-order chi connectivity index (χ0) is 21.4. The highest BCUT2D eigenvalue weighted by atomic mass is 32.5. The fraction of sp³-hybridized carbons (Fsp3) is 1.00. The van der Waals surface area contributed by atoms with Gasteiger partial charge in [-0.05, 0) is 0 Å². The summed E-state index contributed by atoms with van der Waals surface area (Å²) in [5.41, 5.74) is 0. The van der Waals surface area contributed by atoms with E-state index in [9.17, 15) is 77.0 Å². The van der Waals surface area contributed by atoms with Crippen molar-refractivity contribution in [2.45, 2.75) is 34.7 Å². The lowest BCUT2D eigenvalue weighted by Crippen LogP contribution is -2.68. The van der Waals surface area contributed by atoms with Gasteiger partial charge in [0.2, 0.25) is 0 Å². The highest BCUT2D eigenvalue weighted by molar-refractivity contribution is 8.51. The van der Waals surface area contributed by atoms with Gasteiger partial charge in [0.05, 0.1) is 0 Å². The molecular weight excluding hydrogens is 446 g/mol. The lowest BCUT2D eigenvalue weighted by Gasteiger charge is -2.59. The molecule has 25 heavy (non-hydrogen) atoms. The third kappa shape index (κ3) is 2.42. The van der Waals surface area contributed by atoms with E-state index < -0.39 is 44.5 Å². The highest BCUT2D eigenvalue weighted by Crippen LogP contribution is 3.11. The largest absolute Gasteiger partial charge is 0.461 e. The quantitative estimate of drug-likeness (QED) is 0.409. The molecule has 0 spiro atoms. The van der Waals surface area contributed by atoms with Crippen LogP contribution in [0.2, 0.25) is 0 Å². The zero-order valence-corrected chi connectivity index (χ0v) is 11.0. The molecule has 0 saturated heterocycles. The maximum atomic E-state index is 12.7. The van der Waals surface area contributed by atoms with Crippen molar-refractivity contribution in [2.24, 2.45) is 0 Å². The van der Waals surface area contributed by atoms with Crippen LogP contribution in [0.5, 0.6) is 0 Å². The van der Waals surface area contributed by atoms with Crippen LogP contribution in [0.4, 0.5) is 77.0 Å². The van der Waals surface area contributed by atoms with Crippen molar-refractivity contribution in [3.05, 3.63) is 0 Å². The van der Waals surface area contributed by atoms with E-state index in [1.54, 1.807) is 0 Å². The first kappa shape index (κ1) is 24.1. The number of hydrogen-bond acceptors (Lipinski definition) is 0. The molecule has 0 heterocycles. The standard InChI is InChI=1S/C6F18S/c7-1(8,3(11,12)13)5(17,18)25(21,22,23,24)6(19,20)2(9,10)4(14,15)16. The third-order valence-corrected chi connectivity index (χ3v) is 5.05. The van der Waals surface area contributed by atoms with Crippen LogP contribution in [-0.2, 0) is 0 Å². The smallest absolute Gasteiger partial charge is 0.188 e. The summed E-state index contributed by atoms with van der Waals surface area (Å²) < 4.78 is 220. The monoisotopic (exact) mass is 446 g/mol. The Labute approximate surface area is 123 Å². The lowest BCUT2D eigenvalue weighted by molar-refractivity contribution is -0.353. The predicted octanol–water partition coefficient (Wildman–Crippen LogP) is 6.98. The van der Waals surface area contributed by atoms with Crippen LogP contribution in [0.3, 0.4) is 0 Å². The second-order valence-corrected chi connectivity index (χ2v) is 7.41. The van der Waals surface area contributed by atoms with Gasteiger partial charge in [0, 0.05) is 0 Å². The van der Waals surface area contributed by atoms with Crippen molar-refractivity contribution in [1.82, 2.24) is 0 Å². The molecule has 0 atom stereocenters. The molecule has 0 aliphatic carbocycles. The summed E-state index contributed by atoms with van der Waals surface area (Å²) in [6.07, 6.45) is -16.3. The Morgan fingerprint density at radius 1 is 0.360 bits per heavy atom. The summed E-state index contributed by atoms with van der Waals surface area (Å²) in [7, 11) is -14.2. The molecule has 0 nitrogen and oxygen atoms in total. The summed E-state index contributed by atoms with van der Waals surface area (Å²) >= 11 is 0. The molecule has 19 heteroatoms. The van der Waals surface area contributed by atoms with Crippen LogP contribution in [0.15, 0.2) is 0 Å². The Morgan fingerprint density at radius 3 is 0.640 bits per heavy atom. The van der Waals surface area contributed by atoms with E-state index in [2.05, 4.69) is 0 Å². The molecule has 0 fully saturated rings. The third-order valence-electron chi connectivity index (χ3n) is 2.47. The average molecular weight is 446 g/mol. The molecule has 156 valence electrons. The molecule has 0 rings (SSSR count). The van der Waals surface area contributed by atoms with Gasteiger partial charge >= 0.3 is 34.7 Å². The fourth-order valence-electron chi connectivity index (χ4n) is 1.01. The maximum absolute atomic E-state index is 14.2. The molecule has 0 aliphatic rings. The van der Waals surface area contributed by atoms with Crippen molar-refractivity contribution < 1.29 is 77.0 Å². The van der Waals surface area contributed by atoms with Gasteiger partial charge in [-0.15, -0.1) is 15.5 Å². The van der Waals surface area contributed by atoms with Crippen molar-refractivity contribution in [3.8, 4) is 0 Å². The van der Waals surface area contributed by atoms with Gasteiger partial charge < -0.3 is 0 Å². The van der Waals surface area contributed by atoms with Crippen LogP contribution in [0, 0.1) is 0 Å². The first-order valence-electron chi connectivity index (χ1n) is 4.67. The first-order valence-corrected chi connectivity index (χ1v) is 6.72. The van der Waals surface area contributed by atoms with Crippen molar-refractivity contribution in [2.75, 3.05) is 0 Å². The van der Waals surface area contributed by atoms with Gasteiger partial charge in [-0.3, -0.25) is 0 Å². The molecular formula is C6F18S. The molecule has 0 aromatic heterocycles. The van der Waals surface area contributed by atoms with E-state index in [0.29, 0.717) is 0 Å². The zero-order valence-electron chi connectivity index (χ0n) is 10.2. The van der Waals surface area contributed by atoms with Gasteiger partial charge in [0.15, 0.2) is 0 Å². The van der Waals surface area contributed by atoms with Crippen LogP contribution in [0.25, 0.3) is 0 Å². The summed E-state index contributed by atoms with van der Waals surface area (Å²) in [6.45, 7) is 0. The Kier molecular flexibility index (Phi) is 4.33. The van der Waals surface area contributed by atoms with E-state index in [4.69, 9.17) is 0 Å². The van der Waals surface area contributed by atoms with E-state index in [1.165, 1.54) is 0 Å². The van der Waals surface area contributed by atoms with Crippen LogP contribution in [0.1, 0.15) is 0 Å². The first-order chi connectivity index (χ1) is 10.0. The van der Waals surface area contributed by atoms with Crippen molar-refractivity contribution in [3.63, 3.8) is 0 Å². The Morgan fingerprint density at radius 2 is 0.520 bits per heavy atom. The molecule has 0 bridgehead atoms. The van der Waals surface area contributed by atoms with Crippen molar-refractivity contribution >= 4 is 9.84 Å². The average Bonchev–Trinajstić information content (AvgIpc) is 2.22. The molecule has 0 aliphatic heterocycles. The Bertz CT molecular complexity index is 494. The van der Waals surface area contributed by atoms with Crippen LogP contribution in [-0.4, -0.2) is 34.7 Å². The normalized spacial score (nSPS) is 19.4. The lowest BCUT2D eigenvalue weighted by atomic mass is 10.3. The van der Waals surface area contributed by atoms with Crippen LogP contribution >= 0.6 is 9.84 Å². The molecule has 0 radical (unpaired) electrons. The van der Waals surface area contributed by atoms with E-state index in [-0.39, 0.29) is 0 Å². The maximum Gasteiger partial charge on any atom is 0.461 e. The van der Waals surface area contributed by atoms with Gasteiger partial charge in [-0.1, -0.05) is 0 Å². The van der Waals surface area contributed by atoms with E-state index in [0.717, 1.165) is 0 Å². The Hall–Kier alpha value is -0.910. The molecule has 0 aromatic carbocycles. The fourth-order valence-corrected chi connectivity index (χ4v) is 2.59. The minimum absolute atomic E-state index is 8.16. The molecule has 0 N–H and O–H groups in total. The summed E-state index contributed by atoms with van der Waals surface area (Å²) in [5, 5.41) is -19.4. The number of halogens is 18. The summed E-state index contributed by atoms with van der Waals surface area (Å²) in [4.78, 5) is 0. The van der Waals surface area contributed by atoms with E-state index >= 15 is 0 Å². The second-order valence-electron chi connectivity index (χ2n) is 4.25. The minimum Gasteiger partial charge on any atom is -0.188 e.